The molecule has 0 atom stereocenters. The van der Waals surface area contributed by atoms with Crippen LogP contribution in [0.1, 0.15) is 28.9 Å². The Kier molecular flexibility index (Phi) is 1.72. The zero-order valence-electron chi connectivity index (χ0n) is 8.79. The molecule has 0 fully saturated rings. The van der Waals surface area contributed by atoms with E-state index in [9.17, 15) is 4.79 Å². The molecule has 0 N–H and O–H groups in total. The Morgan fingerprint density at radius 2 is 2.07 bits per heavy atom. The zero-order valence-corrected chi connectivity index (χ0v) is 8.79. The van der Waals surface area contributed by atoms with Gasteiger partial charge in [-0.2, -0.15) is 0 Å². The average molecular weight is 199 g/mol. The molecule has 2 heteroatoms. The van der Waals surface area contributed by atoms with Crippen LogP contribution in [0.15, 0.2) is 24.3 Å². The summed E-state index contributed by atoms with van der Waals surface area (Å²) in [4.78, 5) is 11.8. The van der Waals surface area contributed by atoms with E-state index in [-0.39, 0.29) is 5.91 Å². The molecule has 0 saturated carbocycles. The highest BCUT2D eigenvalue weighted by Gasteiger charge is 2.18. The van der Waals surface area contributed by atoms with E-state index in [2.05, 4.69) is 31.2 Å². The zero-order chi connectivity index (χ0) is 10.4. The second-order valence-electron chi connectivity index (χ2n) is 4.28. The monoisotopic (exact) mass is 199 g/mol. The largest absolute Gasteiger partial charge is 0.284 e. The van der Waals surface area contributed by atoms with Crippen molar-refractivity contribution in [3.8, 4) is 0 Å². The summed E-state index contributed by atoms with van der Waals surface area (Å²) in [7, 11) is 0. The molecule has 1 aromatic heterocycles. The molecule has 0 unspecified atom stereocenters. The number of hydrogen-bond donors (Lipinski definition) is 0. The van der Waals surface area contributed by atoms with Crippen LogP contribution >= 0.6 is 0 Å². The van der Waals surface area contributed by atoms with Crippen LogP contribution in [0, 0.1) is 6.92 Å². The quantitative estimate of drug-likeness (QED) is 0.639. The molecule has 0 bridgehead atoms. The Morgan fingerprint density at radius 3 is 2.93 bits per heavy atom. The molecule has 76 valence electrons. The minimum absolute atomic E-state index is 0.245. The maximum Gasteiger partial charge on any atom is 0.231 e. The number of nitrogens with zero attached hydrogens (tertiary/aromatic N) is 1. The molecular weight excluding hydrogens is 186 g/mol. The van der Waals surface area contributed by atoms with Crippen molar-refractivity contribution in [2.24, 2.45) is 0 Å². The minimum Gasteiger partial charge on any atom is -0.284 e. The molecule has 0 aliphatic carbocycles. The third-order valence-electron chi connectivity index (χ3n) is 3.11. The van der Waals surface area contributed by atoms with Crippen molar-refractivity contribution in [2.75, 3.05) is 0 Å². The van der Waals surface area contributed by atoms with E-state index in [0.717, 1.165) is 18.4 Å². The van der Waals surface area contributed by atoms with Crippen LogP contribution in [0.3, 0.4) is 0 Å². The molecule has 1 aromatic carbocycles. The fourth-order valence-corrected chi connectivity index (χ4v) is 2.40. The van der Waals surface area contributed by atoms with Gasteiger partial charge in [-0.3, -0.25) is 9.36 Å². The highest BCUT2D eigenvalue weighted by Crippen LogP contribution is 2.25. The van der Waals surface area contributed by atoms with Crippen LogP contribution in [0.4, 0.5) is 0 Å². The van der Waals surface area contributed by atoms with Gasteiger partial charge in [0.15, 0.2) is 0 Å². The van der Waals surface area contributed by atoms with E-state index in [0.29, 0.717) is 6.42 Å². The molecule has 3 rings (SSSR count). The summed E-state index contributed by atoms with van der Waals surface area (Å²) in [6, 6.07) is 8.42. The first-order valence-corrected chi connectivity index (χ1v) is 5.40. The molecule has 0 spiro atoms. The third kappa shape index (κ3) is 1.21. The van der Waals surface area contributed by atoms with Crippen LogP contribution in [-0.2, 0) is 6.42 Å². The Labute approximate surface area is 88.5 Å². The summed E-state index contributed by atoms with van der Waals surface area (Å²) in [5.41, 5.74) is 3.49. The van der Waals surface area contributed by atoms with Gasteiger partial charge < -0.3 is 0 Å². The van der Waals surface area contributed by atoms with Crippen LogP contribution in [0.2, 0.25) is 0 Å². The average Bonchev–Trinajstić information content (AvgIpc) is 2.56. The fraction of sp³-hybridized carbons (Fsp3) is 0.308. The van der Waals surface area contributed by atoms with Crippen LogP contribution in [0.5, 0.6) is 0 Å². The molecule has 15 heavy (non-hydrogen) atoms. The number of aromatic nitrogens is 1. The Balaban J connectivity index is 2.36. The second kappa shape index (κ2) is 2.96. The van der Waals surface area contributed by atoms with Crippen molar-refractivity contribution in [2.45, 2.75) is 26.2 Å². The number of carbonyl (C=O) groups excluding carboxylic acids is 1. The van der Waals surface area contributed by atoms with Gasteiger partial charge in [-0.15, -0.1) is 0 Å². The molecular formula is C13H13NO. The minimum atomic E-state index is 0.245. The lowest BCUT2D eigenvalue weighted by molar-refractivity contribution is 0.0890. The van der Waals surface area contributed by atoms with Gasteiger partial charge >= 0.3 is 0 Å². The standard InChI is InChI=1S/C13H13NO/c1-9-5-6-12-10(7-9)8-11-3-2-4-13(15)14(11)12/h5-8H,2-4H2,1H3. The first-order valence-electron chi connectivity index (χ1n) is 5.40. The Morgan fingerprint density at radius 1 is 1.20 bits per heavy atom. The molecule has 2 heterocycles. The Bertz CT molecular complexity index is 551. The van der Waals surface area contributed by atoms with Crippen molar-refractivity contribution in [3.05, 3.63) is 35.5 Å². The molecule has 0 amide bonds. The highest BCUT2D eigenvalue weighted by molar-refractivity contribution is 5.94. The summed E-state index contributed by atoms with van der Waals surface area (Å²) in [6.45, 7) is 2.08. The Hall–Kier alpha value is -1.57. The highest BCUT2D eigenvalue weighted by atomic mass is 16.2. The number of carbonyl (C=O) groups is 1. The molecule has 2 nitrogen and oxygen atoms in total. The lowest BCUT2D eigenvalue weighted by Gasteiger charge is -2.13. The van der Waals surface area contributed by atoms with Gasteiger partial charge in [0.25, 0.3) is 0 Å². The van der Waals surface area contributed by atoms with Crippen molar-refractivity contribution in [1.29, 1.82) is 0 Å². The SMILES string of the molecule is Cc1ccc2c(c1)cc1n2C(=O)CCC1. The van der Waals surface area contributed by atoms with Crippen LogP contribution < -0.4 is 0 Å². The molecule has 0 saturated heterocycles. The third-order valence-corrected chi connectivity index (χ3v) is 3.11. The first kappa shape index (κ1) is 8.72. The number of fused-ring (bicyclic) bond motifs is 3. The van der Waals surface area contributed by atoms with Gasteiger partial charge in [0.2, 0.25) is 5.91 Å². The first-order chi connectivity index (χ1) is 7.25. The topological polar surface area (TPSA) is 22.0 Å². The van der Waals surface area contributed by atoms with Crippen molar-refractivity contribution in [1.82, 2.24) is 4.57 Å². The summed E-state index contributed by atoms with van der Waals surface area (Å²) in [6.07, 6.45) is 2.71. The summed E-state index contributed by atoms with van der Waals surface area (Å²) >= 11 is 0. The molecule has 2 aromatic rings. The lowest BCUT2D eigenvalue weighted by Crippen LogP contribution is -2.18. The maximum absolute atomic E-state index is 11.8. The maximum atomic E-state index is 11.8. The van der Waals surface area contributed by atoms with Gasteiger partial charge in [0, 0.05) is 17.5 Å². The summed E-state index contributed by atoms with van der Waals surface area (Å²) in [5, 5.41) is 1.19. The lowest BCUT2D eigenvalue weighted by atomic mass is 10.1. The van der Waals surface area contributed by atoms with Gasteiger partial charge in [-0.1, -0.05) is 11.6 Å². The van der Waals surface area contributed by atoms with Gasteiger partial charge in [0.05, 0.1) is 5.52 Å². The van der Waals surface area contributed by atoms with E-state index in [1.165, 1.54) is 16.6 Å². The summed E-state index contributed by atoms with van der Waals surface area (Å²) < 4.78 is 1.89. The molecule has 1 aliphatic rings. The van der Waals surface area contributed by atoms with E-state index < -0.39 is 0 Å². The van der Waals surface area contributed by atoms with E-state index in [1.807, 2.05) is 4.57 Å². The summed E-state index contributed by atoms with van der Waals surface area (Å²) in [5.74, 6) is 0.245. The van der Waals surface area contributed by atoms with Crippen LogP contribution in [0.25, 0.3) is 10.9 Å². The normalized spacial score (nSPS) is 15.7. The smallest absolute Gasteiger partial charge is 0.231 e. The van der Waals surface area contributed by atoms with Crippen molar-refractivity contribution >= 4 is 16.8 Å². The fourth-order valence-electron chi connectivity index (χ4n) is 2.40. The number of aryl methyl sites for hydroxylation is 2. The van der Waals surface area contributed by atoms with E-state index >= 15 is 0 Å². The van der Waals surface area contributed by atoms with Crippen molar-refractivity contribution in [3.63, 3.8) is 0 Å². The molecule has 1 aliphatic heterocycles. The number of benzene rings is 1. The number of hydrogen-bond acceptors (Lipinski definition) is 1. The van der Waals surface area contributed by atoms with E-state index in [1.54, 1.807) is 0 Å². The molecule has 0 radical (unpaired) electrons. The predicted molar refractivity (Wildman–Crippen MR) is 60.2 cm³/mol. The van der Waals surface area contributed by atoms with Gasteiger partial charge in [0.1, 0.15) is 0 Å². The second-order valence-corrected chi connectivity index (χ2v) is 4.28. The van der Waals surface area contributed by atoms with Gasteiger partial charge in [-0.05, 0) is 38.0 Å². The predicted octanol–water partition coefficient (Wildman–Crippen LogP) is 2.93. The van der Waals surface area contributed by atoms with Crippen LogP contribution in [-0.4, -0.2) is 10.5 Å². The van der Waals surface area contributed by atoms with E-state index in [4.69, 9.17) is 0 Å². The van der Waals surface area contributed by atoms with Crippen molar-refractivity contribution < 1.29 is 4.79 Å². The van der Waals surface area contributed by atoms with Gasteiger partial charge in [-0.25, -0.2) is 0 Å². The number of rotatable bonds is 0.